The summed E-state index contributed by atoms with van der Waals surface area (Å²) in [6.07, 6.45) is 3.43. The predicted molar refractivity (Wildman–Crippen MR) is 99.4 cm³/mol. The number of ketones is 1. The average molecular weight is 355 g/mol. The standard InChI is InChI=1S/C19H34O4Si/c1-18(2,3)23-17(21)12-14-10-9-11-16(20)15(14)13-22-24(7,8)19(4,5)6/h10,15H,9,11-13H2,1-8H3. The van der Waals surface area contributed by atoms with Gasteiger partial charge in [0.25, 0.3) is 0 Å². The molecule has 4 nitrogen and oxygen atoms in total. The second-order valence-electron chi connectivity index (χ2n) is 9.17. The van der Waals surface area contributed by atoms with Gasteiger partial charge in [0.1, 0.15) is 11.4 Å². The first-order valence-electron chi connectivity index (χ1n) is 8.80. The molecule has 0 aromatic rings. The number of ether oxygens (including phenoxy) is 1. The molecule has 0 aromatic heterocycles. The van der Waals surface area contributed by atoms with E-state index in [9.17, 15) is 9.59 Å². The molecule has 0 N–H and O–H groups in total. The fourth-order valence-corrected chi connectivity index (χ4v) is 3.39. The Bertz CT molecular complexity index is 506. The van der Waals surface area contributed by atoms with Crippen molar-refractivity contribution in [2.75, 3.05) is 6.61 Å². The smallest absolute Gasteiger partial charge is 0.310 e. The first kappa shape index (κ1) is 21.1. The minimum absolute atomic E-state index is 0.0970. The van der Waals surface area contributed by atoms with Crippen LogP contribution in [0, 0.1) is 5.92 Å². The van der Waals surface area contributed by atoms with E-state index in [4.69, 9.17) is 9.16 Å². The predicted octanol–water partition coefficient (Wildman–Crippen LogP) is 4.65. The second-order valence-corrected chi connectivity index (χ2v) is 14.0. The highest BCUT2D eigenvalue weighted by Crippen LogP contribution is 2.37. The second kappa shape index (κ2) is 7.52. The van der Waals surface area contributed by atoms with E-state index in [1.807, 2.05) is 26.8 Å². The lowest BCUT2D eigenvalue weighted by Crippen LogP contribution is -2.43. The minimum Gasteiger partial charge on any atom is -0.460 e. The van der Waals surface area contributed by atoms with Gasteiger partial charge in [0.2, 0.25) is 0 Å². The molecule has 0 spiro atoms. The van der Waals surface area contributed by atoms with Crippen LogP contribution >= 0.6 is 0 Å². The highest BCUT2D eigenvalue weighted by atomic mass is 28.4. The Labute approximate surface area is 148 Å². The molecular formula is C19H34O4Si. The number of rotatable bonds is 5. The van der Waals surface area contributed by atoms with Crippen molar-refractivity contribution in [2.45, 2.75) is 84.5 Å². The number of carbonyl (C=O) groups excluding carboxylic acids is 2. The fraction of sp³-hybridized carbons (Fsp3) is 0.789. The van der Waals surface area contributed by atoms with Crippen LogP contribution in [-0.2, 0) is 18.8 Å². The van der Waals surface area contributed by atoms with Gasteiger partial charge in [-0.2, -0.15) is 0 Å². The Hall–Kier alpha value is -0.943. The number of esters is 1. The van der Waals surface area contributed by atoms with E-state index < -0.39 is 13.9 Å². The molecular weight excluding hydrogens is 320 g/mol. The van der Waals surface area contributed by atoms with Gasteiger partial charge in [-0.3, -0.25) is 9.59 Å². The largest absolute Gasteiger partial charge is 0.460 e. The van der Waals surface area contributed by atoms with Crippen molar-refractivity contribution >= 4 is 20.1 Å². The van der Waals surface area contributed by atoms with E-state index in [0.29, 0.717) is 19.4 Å². The highest BCUT2D eigenvalue weighted by Gasteiger charge is 2.39. The summed E-state index contributed by atoms with van der Waals surface area (Å²) in [5.41, 5.74) is 0.350. The molecule has 0 aromatic carbocycles. The van der Waals surface area contributed by atoms with Crippen LogP contribution in [-0.4, -0.2) is 32.3 Å². The van der Waals surface area contributed by atoms with Crippen molar-refractivity contribution in [2.24, 2.45) is 5.92 Å². The molecule has 0 aliphatic heterocycles. The number of hydrogen-bond donors (Lipinski definition) is 0. The van der Waals surface area contributed by atoms with Crippen LogP contribution in [0.2, 0.25) is 18.1 Å². The van der Waals surface area contributed by atoms with Gasteiger partial charge in [-0.05, 0) is 45.3 Å². The third kappa shape index (κ3) is 6.17. The maximum atomic E-state index is 12.4. The van der Waals surface area contributed by atoms with Crippen LogP contribution in [0.3, 0.4) is 0 Å². The fourth-order valence-electron chi connectivity index (χ4n) is 2.37. The van der Waals surface area contributed by atoms with Crippen LogP contribution in [0.5, 0.6) is 0 Å². The molecule has 0 saturated carbocycles. The normalized spacial score (nSPS) is 19.9. The first-order valence-corrected chi connectivity index (χ1v) is 11.7. The minimum atomic E-state index is -1.92. The zero-order valence-electron chi connectivity index (χ0n) is 16.6. The summed E-state index contributed by atoms with van der Waals surface area (Å²) in [5, 5.41) is 0.0970. The summed E-state index contributed by atoms with van der Waals surface area (Å²) < 4.78 is 11.6. The molecule has 1 atom stereocenters. The van der Waals surface area contributed by atoms with Crippen molar-refractivity contribution in [1.82, 2.24) is 0 Å². The molecule has 0 amide bonds. The van der Waals surface area contributed by atoms with E-state index in [-0.39, 0.29) is 29.1 Å². The Kier molecular flexibility index (Phi) is 6.61. The molecule has 1 rings (SSSR count). The molecule has 1 unspecified atom stereocenters. The van der Waals surface area contributed by atoms with E-state index in [1.54, 1.807) is 0 Å². The van der Waals surface area contributed by atoms with Crippen molar-refractivity contribution in [3.63, 3.8) is 0 Å². The number of allylic oxidation sites excluding steroid dienone is 1. The molecule has 0 fully saturated rings. The zero-order chi connectivity index (χ0) is 18.8. The van der Waals surface area contributed by atoms with Crippen molar-refractivity contribution < 1.29 is 18.8 Å². The van der Waals surface area contributed by atoms with Gasteiger partial charge in [0.05, 0.1) is 12.3 Å². The topological polar surface area (TPSA) is 52.6 Å². The molecule has 0 saturated heterocycles. The van der Waals surface area contributed by atoms with Crippen LogP contribution in [0.1, 0.15) is 60.8 Å². The van der Waals surface area contributed by atoms with Gasteiger partial charge < -0.3 is 9.16 Å². The molecule has 0 radical (unpaired) electrons. The molecule has 0 heterocycles. The third-order valence-electron chi connectivity index (χ3n) is 4.82. The Morgan fingerprint density at radius 1 is 1.21 bits per heavy atom. The lowest BCUT2D eigenvalue weighted by Gasteiger charge is -2.37. The Balaban J connectivity index is 2.79. The molecule has 0 bridgehead atoms. The van der Waals surface area contributed by atoms with Crippen LogP contribution in [0.25, 0.3) is 0 Å². The lowest BCUT2D eigenvalue weighted by molar-refractivity contribution is -0.154. The summed E-state index contributed by atoms with van der Waals surface area (Å²) >= 11 is 0. The van der Waals surface area contributed by atoms with Crippen molar-refractivity contribution in [3.05, 3.63) is 11.6 Å². The van der Waals surface area contributed by atoms with Crippen LogP contribution in [0.4, 0.5) is 0 Å². The molecule has 138 valence electrons. The third-order valence-corrected chi connectivity index (χ3v) is 9.32. The van der Waals surface area contributed by atoms with E-state index in [0.717, 1.165) is 5.57 Å². The van der Waals surface area contributed by atoms with Gasteiger partial charge in [-0.1, -0.05) is 32.4 Å². The van der Waals surface area contributed by atoms with Gasteiger partial charge in [-0.15, -0.1) is 0 Å². The maximum absolute atomic E-state index is 12.4. The molecule has 5 heteroatoms. The number of carbonyl (C=O) groups is 2. The summed E-state index contributed by atoms with van der Waals surface area (Å²) in [5.74, 6) is -0.407. The average Bonchev–Trinajstić information content (AvgIpc) is 2.34. The van der Waals surface area contributed by atoms with Gasteiger partial charge in [-0.25, -0.2) is 0 Å². The summed E-state index contributed by atoms with van der Waals surface area (Å²) in [6, 6.07) is 0. The highest BCUT2D eigenvalue weighted by molar-refractivity contribution is 6.74. The van der Waals surface area contributed by atoms with Gasteiger partial charge in [0, 0.05) is 13.0 Å². The molecule has 1 aliphatic carbocycles. The Morgan fingerprint density at radius 2 is 1.79 bits per heavy atom. The monoisotopic (exact) mass is 354 g/mol. The first-order chi connectivity index (χ1) is 10.7. The van der Waals surface area contributed by atoms with Gasteiger partial charge >= 0.3 is 5.97 Å². The molecule has 24 heavy (non-hydrogen) atoms. The maximum Gasteiger partial charge on any atom is 0.310 e. The Morgan fingerprint density at radius 3 is 2.29 bits per heavy atom. The molecule has 1 aliphatic rings. The van der Waals surface area contributed by atoms with E-state index in [1.165, 1.54) is 0 Å². The summed E-state index contributed by atoms with van der Waals surface area (Å²) in [6.45, 7) is 16.8. The number of hydrogen-bond acceptors (Lipinski definition) is 4. The van der Waals surface area contributed by atoms with Crippen LogP contribution in [0.15, 0.2) is 11.6 Å². The lowest BCUT2D eigenvalue weighted by atomic mass is 9.85. The zero-order valence-corrected chi connectivity index (χ0v) is 17.6. The van der Waals surface area contributed by atoms with Gasteiger partial charge in [0.15, 0.2) is 8.32 Å². The SMILES string of the molecule is CC(C)(C)OC(=O)CC1=CCCC(=O)C1CO[Si](C)(C)C(C)(C)C. The van der Waals surface area contributed by atoms with Crippen molar-refractivity contribution in [1.29, 1.82) is 0 Å². The van der Waals surface area contributed by atoms with E-state index >= 15 is 0 Å². The number of Topliss-reactive ketones (excluding diaryl/α,β-unsaturated/α-hetero) is 1. The summed E-state index contributed by atoms with van der Waals surface area (Å²) in [4.78, 5) is 24.5. The summed E-state index contributed by atoms with van der Waals surface area (Å²) in [7, 11) is -1.92. The van der Waals surface area contributed by atoms with E-state index in [2.05, 4.69) is 33.9 Å². The quantitative estimate of drug-likeness (QED) is 0.410. The van der Waals surface area contributed by atoms with Crippen LogP contribution < -0.4 is 0 Å². The van der Waals surface area contributed by atoms with Crippen molar-refractivity contribution in [3.8, 4) is 0 Å².